The smallest absolute Gasteiger partial charge is 0.223 e. The summed E-state index contributed by atoms with van der Waals surface area (Å²) >= 11 is 0. The zero-order valence-electron chi connectivity index (χ0n) is 15.5. The Morgan fingerprint density at radius 2 is 1.89 bits per heavy atom. The molecule has 1 amide bonds. The molecule has 144 valence electrons. The summed E-state index contributed by atoms with van der Waals surface area (Å²) in [6.07, 6.45) is 2.65. The van der Waals surface area contributed by atoms with Crippen LogP contribution in [0.3, 0.4) is 0 Å². The van der Waals surface area contributed by atoms with Crippen molar-refractivity contribution in [3.63, 3.8) is 0 Å². The number of fused-ring (bicyclic) bond motifs is 1. The van der Waals surface area contributed by atoms with E-state index < -0.39 is 0 Å². The molecule has 6 heteroatoms. The van der Waals surface area contributed by atoms with Gasteiger partial charge in [-0.3, -0.25) is 9.69 Å². The zero-order chi connectivity index (χ0) is 18.6. The van der Waals surface area contributed by atoms with Crippen molar-refractivity contribution in [1.82, 2.24) is 14.4 Å². The normalized spacial score (nSPS) is 20.9. The first-order chi connectivity index (χ1) is 13.2. The van der Waals surface area contributed by atoms with Gasteiger partial charge in [0, 0.05) is 57.6 Å². The second-order valence-electron chi connectivity index (χ2n) is 7.51. The molecule has 1 saturated heterocycles. The molecule has 2 aliphatic heterocycles. The van der Waals surface area contributed by atoms with Gasteiger partial charge < -0.3 is 14.2 Å². The van der Waals surface area contributed by atoms with E-state index in [2.05, 4.69) is 27.8 Å². The average molecular weight is 371 g/mol. The quantitative estimate of drug-likeness (QED) is 0.829. The van der Waals surface area contributed by atoms with Crippen molar-refractivity contribution in [2.75, 3.05) is 32.8 Å². The summed E-state index contributed by atoms with van der Waals surface area (Å²) in [7, 11) is 0. The van der Waals surface area contributed by atoms with Gasteiger partial charge in [0.1, 0.15) is 5.82 Å². The number of carbonyl (C=O) groups excluding carboxylic acids is 1. The molecule has 1 aromatic carbocycles. The molecule has 5 nitrogen and oxygen atoms in total. The number of rotatable bonds is 4. The van der Waals surface area contributed by atoms with E-state index >= 15 is 0 Å². The first-order valence-corrected chi connectivity index (χ1v) is 9.64. The molecule has 2 aliphatic rings. The SMILES string of the molecule is O=C(C[C@@H]1CN(Cc2ccc(F)cc2)Cc2cccn2C1)N1CCOCC1. The van der Waals surface area contributed by atoms with E-state index in [0.717, 1.165) is 31.7 Å². The summed E-state index contributed by atoms with van der Waals surface area (Å²) in [5.74, 6) is 0.271. The van der Waals surface area contributed by atoms with Crippen LogP contribution in [-0.4, -0.2) is 53.1 Å². The van der Waals surface area contributed by atoms with Crippen LogP contribution >= 0.6 is 0 Å². The average Bonchev–Trinajstić information content (AvgIpc) is 3.04. The molecule has 1 fully saturated rings. The minimum Gasteiger partial charge on any atom is -0.378 e. The number of carbonyl (C=O) groups is 1. The Hall–Kier alpha value is -2.18. The van der Waals surface area contributed by atoms with Crippen LogP contribution in [-0.2, 0) is 29.2 Å². The summed E-state index contributed by atoms with van der Waals surface area (Å²) in [5, 5.41) is 0. The van der Waals surface area contributed by atoms with Gasteiger partial charge in [0.05, 0.1) is 13.2 Å². The van der Waals surface area contributed by atoms with Crippen molar-refractivity contribution in [2.24, 2.45) is 5.92 Å². The van der Waals surface area contributed by atoms with Gasteiger partial charge in [0.25, 0.3) is 0 Å². The van der Waals surface area contributed by atoms with E-state index in [1.165, 1.54) is 17.8 Å². The van der Waals surface area contributed by atoms with E-state index in [9.17, 15) is 9.18 Å². The van der Waals surface area contributed by atoms with Crippen molar-refractivity contribution < 1.29 is 13.9 Å². The van der Waals surface area contributed by atoms with Gasteiger partial charge in [-0.15, -0.1) is 0 Å². The molecule has 2 aromatic rings. The van der Waals surface area contributed by atoms with Crippen LogP contribution in [0.2, 0.25) is 0 Å². The maximum Gasteiger partial charge on any atom is 0.223 e. The Balaban J connectivity index is 1.46. The standard InChI is InChI=1S/C21H26FN3O2/c22-19-5-3-17(4-6-19)13-23-14-18(15-25-7-1-2-20(25)16-23)12-21(26)24-8-10-27-11-9-24/h1-7,18H,8-16H2/t18-/m1/s1. The first kappa shape index (κ1) is 18.2. The lowest BCUT2D eigenvalue weighted by atomic mass is 10.0. The van der Waals surface area contributed by atoms with Crippen molar-refractivity contribution >= 4 is 5.91 Å². The number of hydrogen-bond acceptors (Lipinski definition) is 3. The molecular weight excluding hydrogens is 345 g/mol. The van der Waals surface area contributed by atoms with Crippen LogP contribution in [0.5, 0.6) is 0 Å². The lowest BCUT2D eigenvalue weighted by Crippen LogP contribution is -2.42. The fourth-order valence-electron chi connectivity index (χ4n) is 4.05. The molecule has 27 heavy (non-hydrogen) atoms. The van der Waals surface area contributed by atoms with Crippen LogP contribution in [0.25, 0.3) is 0 Å². The van der Waals surface area contributed by atoms with Crippen molar-refractivity contribution in [3.8, 4) is 0 Å². The number of amides is 1. The molecular formula is C21H26FN3O2. The fourth-order valence-corrected chi connectivity index (χ4v) is 4.05. The highest BCUT2D eigenvalue weighted by Crippen LogP contribution is 2.22. The highest BCUT2D eigenvalue weighted by Gasteiger charge is 2.26. The zero-order valence-corrected chi connectivity index (χ0v) is 15.5. The van der Waals surface area contributed by atoms with Gasteiger partial charge in [-0.2, -0.15) is 0 Å². The van der Waals surface area contributed by atoms with Crippen LogP contribution in [0.1, 0.15) is 17.7 Å². The highest BCUT2D eigenvalue weighted by molar-refractivity contribution is 5.76. The van der Waals surface area contributed by atoms with Crippen molar-refractivity contribution in [2.45, 2.75) is 26.1 Å². The summed E-state index contributed by atoms with van der Waals surface area (Å²) < 4.78 is 20.8. The third-order valence-corrected chi connectivity index (χ3v) is 5.43. The van der Waals surface area contributed by atoms with E-state index in [4.69, 9.17) is 4.74 Å². The van der Waals surface area contributed by atoms with Gasteiger partial charge in [0.2, 0.25) is 5.91 Å². The second kappa shape index (κ2) is 8.23. The molecule has 1 aromatic heterocycles. The van der Waals surface area contributed by atoms with Gasteiger partial charge in [0.15, 0.2) is 0 Å². The minimum atomic E-state index is -0.211. The lowest BCUT2D eigenvalue weighted by Gasteiger charge is -2.29. The van der Waals surface area contributed by atoms with E-state index in [0.29, 0.717) is 32.7 Å². The number of aromatic nitrogens is 1. The predicted octanol–water partition coefficient (Wildman–Crippen LogP) is 2.51. The second-order valence-corrected chi connectivity index (χ2v) is 7.51. The molecule has 3 heterocycles. The molecule has 0 spiro atoms. The number of nitrogens with zero attached hydrogens (tertiary/aromatic N) is 3. The Morgan fingerprint density at radius 3 is 2.67 bits per heavy atom. The molecule has 0 N–H and O–H groups in total. The van der Waals surface area contributed by atoms with Gasteiger partial charge >= 0.3 is 0 Å². The molecule has 0 saturated carbocycles. The summed E-state index contributed by atoms with van der Waals surface area (Å²) in [5.41, 5.74) is 2.35. The maximum atomic E-state index is 13.2. The van der Waals surface area contributed by atoms with Crippen molar-refractivity contribution in [1.29, 1.82) is 0 Å². The summed E-state index contributed by atoms with van der Waals surface area (Å²) in [4.78, 5) is 17.0. The van der Waals surface area contributed by atoms with Gasteiger partial charge in [-0.05, 0) is 35.7 Å². The molecule has 4 rings (SSSR count). The third kappa shape index (κ3) is 4.57. The Bertz CT molecular complexity index is 768. The number of morpholine rings is 1. The number of hydrogen-bond donors (Lipinski definition) is 0. The molecule has 0 bridgehead atoms. The Kier molecular flexibility index (Phi) is 5.55. The topological polar surface area (TPSA) is 37.7 Å². The third-order valence-electron chi connectivity index (χ3n) is 5.43. The highest BCUT2D eigenvalue weighted by atomic mass is 19.1. The first-order valence-electron chi connectivity index (χ1n) is 9.64. The number of benzene rings is 1. The van der Waals surface area contributed by atoms with E-state index in [1.807, 2.05) is 17.0 Å². The largest absolute Gasteiger partial charge is 0.378 e. The summed E-state index contributed by atoms with van der Waals surface area (Å²) in [6.45, 7) is 5.97. The lowest BCUT2D eigenvalue weighted by molar-refractivity contribution is -0.136. The predicted molar refractivity (Wildman–Crippen MR) is 100 cm³/mol. The van der Waals surface area contributed by atoms with Crippen LogP contribution < -0.4 is 0 Å². The molecule has 0 radical (unpaired) electrons. The maximum absolute atomic E-state index is 13.2. The van der Waals surface area contributed by atoms with Crippen LogP contribution in [0.4, 0.5) is 4.39 Å². The molecule has 1 atom stereocenters. The molecule has 0 unspecified atom stereocenters. The van der Waals surface area contributed by atoms with Crippen LogP contribution in [0.15, 0.2) is 42.6 Å². The Morgan fingerprint density at radius 1 is 1.11 bits per heavy atom. The van der Waals surface area contributed by atoms with Gasteiger partial charge in [-0.1, -0.05) is 12.1 Å². The fraction of sp³-hybridized carbons (Fsp3) is 0.476. The number of halogens is 1. The number of ether oxygens (including phenoxy) is 1. The van der Waals surface area contributed by atoms with Crippen molar-refractivity contribution in [3.05, 3.63) is 59.7 Å². The van der Waals surface area contributed by atoms with Gasteiger partial charge in [-0.25, -0.2) is 4.39 Å². The van der Waals surface area contributed by atoms with E-state index in [-0.39, 0.29) is 17.6 Å². The molecule has 0 aliphatic carbocycles. The van der Waals surface area contributed by atoms with Crippen LogP contribution in [0, 0.1) is 11.7 Å². The monoisotopic (exact) mass is 371 g/mol. The van der Waals surface area contributed by atoms with E-state index in [1.54, 1.807) is 0 Å². The minimum absolute atomic E-state index is 0.211. The Labute approximate surface area is 159 Å². The summed E-state index contributed by atoms with van der Waals surface area (Å²) in [6, 6.07) is 10.9.